The molecule has 0 bridgehead atoms. The predicted octanol–water partition coefficient (Wildman–Crippen LogP) is 4.10. The Labute approximate surface area is 176 Å². The maximum atomic E-state index is 5.95. The summed E-state index contributed by atoms with van der Waals surface area (Å²) in [6, 6.07) is 6.86. The Balaban J connectivity index is 1.65. The van der Waals surface area contributed by atoms with E-state index in [1.807, 2.05) is 12.4 Å². The minimum absolute atomic E-state index is 0.163. The number of methoxy groups -OCH3 is 1. The van der Waals surface area contributed by atoms with Gasteiger partial charge in [0, 0.05) is 48.7 Å². The highest BCUT2D eigenvalue weighted by Gasteiger charge is 2.28. The monoisotopic (exact) mass is 407 g/mol. The van der Waals surface area contributed by atoms with Gasteiger partial charge in [0.2, 0.25) is 0 Å². The van der Waals surface area contributed by atoms with Crippen LogP contribution < -0.4 is 10.1 Å². The van der Waals surface area contributed by atoms with E-state index < -0.39 is 0 Å². The highest BCUT2D eigenvalue weighted by Crippen LogP contribution is 2.42. The van der Waals surface area contributed by atoms with E-state index in [1.54, 1.807) is 7.11 Å². The number of hydrogen-bond donors (Lipinski definition) is 2. The fourth-order valence-corrected chi connectivity index (χ4v) is 4.75. The third-order valence-electron chi connectivity index (χ3n) is 6.39. The van der Waals surface area contributed by atoms with Crippen molar-refractivity contribution in [3.8, 4) is 16.9 Å². The first-order chi connectivity index (χ1) is 14.7. The number of benzene rings is 1. The summed E-state index contributed by atoms with van der Waals surface area (Å²) >= 11 is 0. The number of hydrogen-bond acceptors (Lipinski definition) is 5. The van der Waals surface area contributed by atoms with E-state index in [0.717, 1.165) is 67.1 Å². The van der Waals surface area contributed by atoms with Gasteiger partial charge in [-0.15, -0.1) is 0 Å². The van der Waals surface area contributed by atoms with E-state index in [2.05, 4.69) is 40.4 Å². The Morgan fingerprint density at radius 1 is 1.07 bits per heavy atom. The summed E-state index contributed by atoms with van der Waals surface area (Å²) in [5.41, 5.74) is 6.93. The molecule has 0 spiro atoms. The third kappa shape index (κ3) is 3.60. The molecule has 6 heteroatoms. The average Bonchev–Trinajstić information content (AvgIpc) is 3.19. The molecular formula is C24H29N3O3. The first-order valence-corrected chi connectivity index (χ1v) is 10.8. The summed E-state index contributed by atoms with van der Waals surface area (Å²) in [6.07, 6.45) is 5.99. The molecule has 158 valence electrons. The first-order valence-electron chi connectivity index (χ1n) is 10.8. The number of rotatable bonds is 4. The van der Waals surface area contributed by atoms with Crippen LogP contribution in [0.5, 0.6) is 5.75 Å². The fraction of sp³-hybridized carbons (Fsp3) is 0.458. The van der Waals surface area contributed by atoms with Gasteiger partial charge in [-0.3, -0.25) is 0 Å². The molecule has 6 nitrogen and oxygen atoms in total. The second kappa shape index (κ2) is 8.38. The molecule has 2 aliphatic rings. The molecule has 0 aliphatic carbocycles. The van der Waals surface area contributed by atoms with Crippen LogP contribution in [0.25, 0.3) is 22.2 Å². The second-order valence-electron chi connectivity index (χ2n) is 8.24. The SMILES string of the molecule is COc1cc(-c2cnc3[nH]cc(C)c3c2)cc([C@@H]2COCCN2)c1C1CCOCC1. The van der Waals surface area contributed by atoms with Crippen LogP contribution in [0.1, 0.15) is 41.5 Å². The summed E-state index contributed by atoms with van der Waals surface area (Å²) < 4.78 is 17.4. The molecule has 5 rings (SSSR count). The predicted molar refractivity (Wildman–Crippen MR) is 117 cm³/mol. The molecule has 2 N–H and O–H groups in total. The third-order valence-corrected chi connectivity index (χ3v) is 6.39. The zero-order valence-corrected chi connectivity index (χ0v) is 17.7. The molecule has 4 heterocycles. The quantitative estimate of drug-likeness (QED) is 0.681. The van der Waals surface area contributed by atoms with Crippen molar-refractivity contribution in [2.24, 2.45) is 0 Å². The van der Waals surface area contributed by atoms with E-state index in [0.29, 0.717) is 12.5 Å². The number of aromatic amines is 1. The van der Waals surface area contributed by atoms with Crippen molar-refractivity contribution in [3.63, 3.8) is 0 Å². The number of nitrogens with zero attached hydrogens (tertiary/aromatic N) is 1. The van der Waals surface area contributed by atoms with Crippen LogP contribution in [0.4, 0.5) is 0 Å². The van der Waals surface area contributed by atoms with Crippen molar-refractivity contribution >= 4 is 11.0 Å². The molecule has 1 aromatic carbocycles. The number of aryl methyl sites for hydroxylation is 1. The van der Waals surface area contributed by atoms with Gasteiger partial charge in [-0.2, -0.15) is 0 Å². The van der Waals surface area contributed by atoms with Gasteiger partial charge in [0.05, 0.1) is 26.4 Å². The van der Waals surface area contributed by atoms with Crippen molar-refractivity contribution in [1.82, 2.24) is 15.3 Å². The van der Waals surface area contributed by atoms with Gasteiger partial charge in [-0.05, 0) is 60.6 Å². The van der Waals surface area contributed by atoms with Gasteiger partial charge in [0.1, 0.15) is 11.4 Å². The summed E-state index contributed by atoms with van der Waals surface area (Å²) in [5.74, 6) is 1.39. The number of nitrogens with one attached hydrogen (secondary N) is 2. The van der Waals surface area contributed by atoms with E-state index in [-0.39, 0.29) is 6.04 Å². The molecule has 30 heavy (non-hydrogen) atoms. The highest BCUT2D eigenvalue weighted by atomic mass is 16.5. The van der Waals surface area contributed by atoms with E-state index in [1.165, 1.54) is 16.7 Å². The molecule has 0 radical (unpaired) electrons. The topological polar surface area (TPSA) is 68.4 Å². The lowest BCUT2D eigenvalue weighted by Crippen LogP contribution is -2.35. The molecule has 0 amide bonds. The van der Waals surface area contributed by atoms with Gasteiger partial charge in [-0.25, -0.2) is 4.98 Å². The summed E-state index contributed by atoms with van der Waals surface area (Å²) in [4.78, 5) is 7.87. The lowest BCUT2D eigenvalue weighted by Gasteiger charge is -2.32. The lowest BCUT2D eigenvalue weighted by atomic mass is 9.83. The largest absolute Gasteiger partial charge is 0.496 e. The second-order valence-corrected chi connectivity index (χ2v) is 8.24. The Morgan fingerprint density at radius 3 is 2.70 bits per heavy atom. The summed E-state index contributed by atoms with van der Waals surface area (Å²) in [7, 11) is 1.77. The molecule has 2 fully saturated rings. The van der Waals surface area contributed by atoms with Crippen molar-refractivity contribution < 1.29 is 14.2 Å². The van der Waals surface area contributed by atoms with Crippen LogP contribution in [0.2, 0.25) is 0 Å². The van der Waals surface area contributed by atoms with Crippen molar-refractivity contribution in [3.05, 3.63) is 47.3 Å². The zero-order valence-electron chi connectivity index (χ0n) is 17.7. The van der Waals surface area contributed by atoms with Crippen LogP contribution in [-0.2, 0) is 9.47 Å². The van der Waals surface area contributed by atoms with Gasteiger partial charge in [-0.1, -0.05) is 0 Å². The molecule has 2 aliphatic heterocycles. The van der Waals surface area contributed by atoms with Gasteiger partial charge in [0.15, 0.2) is 0 Å². The normalized spacial score (nSPS) is 20.5. The van der Waals surface area contributed by atoms with Crippen molar-refractivity contribution in [2.75, 3.05) is 40.1 Å². The number of H-pyrrole nitrogens is 1. The maximum Gasteiger partial charge on any atom is 0.137 e. The van der Waals surface area contributed by atoms with Gasteiger partial charge in [0.25, 0.3) is 0 Å². The van der Waals surface area contributed by atoms with E-state index in [9.17, 15) is 0 Å². The van der Waals surface area contributed by atoms with Crippen molar-refractivity contribution in [1.29, 1.82) is 0 Å². The molecule has 0 saturated carbocycles. The Morgan fingerprint density at radius 2 is 1.93 bits per heavy atom. The smallest absolute Gasteiger partial charge is 0.137 e. The van der Waals surface area contributed by atoms with Crippen LogP contribution >= 0.6 is 0 Å². The van der Waals surface area contributed by atoms with E-state index in [4.69, 9.17) is 14.2 Å². The van der Waals surface area contributed by atoms with Crippen LogP contribution in [0.15, 0.2) is 30.6 Å². The highest BCUT2D eigenvalue weighted by molar-refractivity contribution is 5.84. The first kappa shape index (κ1) is 19.5. The van der Waals surface area contributed by atoms with Crippen LogP contribution in [0.3, 0.4) is 0 Å². The molecule has 0 unspecified atom stereocenters. The van der Waals surface area contributed by atoms with Crippen LogP contribution in [0, 0.1) is 6.92 Å². The number of pyridine rings is 1. The number of fused-ring (bicyclic) bond motifs is 1. The molecule has 3 aromatic rings. The molecule has 2 saturated heterocycles. The van der Waals surface area contributed by atoms with Crippen molar-refractivity contribution in [2.45, 2.75) is 31.7 Å². The maximum absolute atomic E-state index is 5.95. The standard InChI is InChI=1S/C24H29N3O3/c1-15-12-26-24-19(15)10-18(13-27-24)17-9-20(21-14-30-8-5-25-21)23(22(11-17)28-2)16-3-6-29-7-4-16/h9-13,16,21,25H,3-8,14H2,1-2H3,(H,26,27)/t21-/m0/s1. The zero-order chi connectivity index (χ0) is 20.5. The minimum Gasteiger partial charge on any atom is -0.496 e. The average molecular weight is 408 g/mol. The number of aromatic nitrogens is 2. The van der Waals surface area contributed by atoms with Gasteiger partial charge >= 0.3 is 0 Å². The van der Waals surface area contributed by atoms with Gasteiger partial charge < -0.3 is 24.5 Å². The number of ether oxygens (including phenoxy) is 3. The Hall–Kier alpha value is -2.41. The summed E-state index contributed by atoms with van der Waals surface area (Å²) in [5, 5.41) is 4.80. The van der Waals surface area contributed by atoms with Crippen LogP contribution in [-0.4, -0.2) is 50.1 Å². The molecular weight excluding hydrogens is 378 g/mol. The minimum atomic E-state index is 0.163. The van der Waals surface area contributed by atoms with E-state index >= 15 is 0 Å². The fourth-order valence-electron chi connectivity index (χ4n) is 4.75. The Kier molecular flexibility index (Phi) is 5.46. The molecule has 2 aromatic heterocycles. The Bertz CT molecular complexity index is 1030. The number of morpholine rings is 1. The molecule has 1 atom stereocenters. The summed E-state index contributed by atoms with van der Waals surface area (Å²) in [6.45, 7) is 6.01. The lowest BCUT2D eigenvalue weighted by molar-refractivity contribution is 0.0736.